The first-order valence-corrected chi connectivity index (χ1v) is 9.42. The fraction of sp³-hybridized carbons (Fsp3) is 0.286. The van der Waals surface area contributed by atoms with E-state index >= 15 is 0 Å². The minimum atomic E-state index is 0.238. The summed E-state index contributed by atoms with van der Waals surface area (Å²) in [5.74, 6) is 0.639. The molecule has 0 saturated carbocycles. The van der Waals surface area contributed by atoms with Gasteiger partial charge in [0.15, 0.2) is 5.65 Å². The number of benzene rings is 1. The first-order chi connectivity index (χ1) is 13.3. The molecule has 138 valence electrons. The lowest BCUT2D eigenvalue weighted by Crippen LogP contribution is -2.29. The van der Waals surface area contributed by atoms with Crippen molar-refractivity contribution >= 4 is 17.8 Å². The first kappa shape index (κ1) is 17.3. The maximum atomic E-state index is 7.70. The van der Waals surface area contributed by atoms with E-state index in [0.717, 1.165) is 48.2 Å². The number of hydrogen-bond donors (Lipinski definition) is 3. The van der Waals surface area contributed by atoms with E-state index in [4.69, 9.17) is 10.4 Å². The molecule has 6 nitrogen and oxygen atoms in total. The Balaban J connectivity index is 1.58. The Bertz CT molecular complexity index is 973. The molecule has 4 rings (SSSR count). The van der Waals surface area contributed by atoms with Crippen LogP contribution in [0.25, 0.3) is 16.8 Å². The van der Waals surface area contributed by atoms with Crippen LogP contribution in [0.1, 0.15) is 26.2 Å². The van der Waals surface area contributed by atoms with Crippen LogP contribution in [0, 0.1) is 5.41 Å². The van der Waals surface area contributed by atoms with E-state index in [1.807, 2.05) is 35.0 Å². The smallest absolute Gasteiger partial charge is 0.243 e. The summed E-state index contributed by atoms with van der Waals surface area (Å²) in [5, 5.41) is 19.2. The van der Waals surface area contributed by atoms with Crippen LogP contribution in [0.3, 0.4) is 0 Å². The van der Waals surface area contributed by atoms with Crippen LogP contribution in [0.5, 0.6) is 0 Å². The first-order valence-electron chi connectivity index (χ1n) is 9.42. The van der Waals surface area contributed by atoms with Crippen molar-refractivity contribution in [2.24, 2.45) is 0 Å². The lowest BCUT2D eigenvalue weighted by atomic mass is 9.92. The van der Waals surface area contributed by atoms with E-state index in [1.165, 1.54) is 11.9 Å². The van der Waals surface area contributed by atoms with Crippen LogP contribution < -0.4 is 10.6 Å². The third-order valence-corrected chi connectivity index (χ3v) is 4.94. The molecule has 0 radical (unpaired) electrons. The van der Waals surface area contributed by atoms with Gasteiger partial charge in [-0.1, -0.05) is 30.3 Å². The lowest BCUT2D eigenvalue weighted by Gasteiger charge is -2.26. The number of aromatic nitrogens is 3. The highest BCUT2D eigenvalue weighted by atomic mass is 15.3. The number of pyridine rings is 1. The highest BCUT2D eigenvalue weighted by molar-refractivity contribution is 5.78. The van der Waals surface area contributed by atoms with Gasteiger partial charge in [-0.25, -0.2) is 4.52 Å². The van der Waals surface area contributed by atoms with Crippen LogP contribution in [-0.2, 0) is 0 Å². The number of fused-ring (bicyclic) bond motifs is 1. The fourth-order valence-electron chi connectivity index (χ4n) is 3.65. The third-order valence-electron chi connectivity index (χ3n) is 4.94. The quantitative estimate of drug-likeness (QED) is 0.583. The van der Waals surface area contributed by atoms with Gasteiger partial charge in [0.2, 0.25) is 5.95 Å². The Morgan fingerprint density at radius 3 is 2.85 bits per heavy atom. The normalized spacial score (nSPS) is 17.1. The largest absolute Gasteiger partial charge is 0.388 e. The summed E-state index contributed by atoms with van der Waals surface area (Å²) in [7, 11) is 0. The average Bonchev–Trinajstić information content (AvgIpc) is 3.12. The molecule has 1 unspecified atom stereocenters. The van der Waals surface area contributed by atoms with E-state index < -0.39 is 0 Å². The van der Waals surface area contributed by atoms with Crippen molar-refractivity contribution in [3.63, 3.8) is 0 Å². The molecular weight excluding hydrogens is 336 g/mol. The van der Waals surface area contributed by atoms with E-state index in [9.17, 15) is 0 Å². The maximum absolute atomic E-state index is 7.70. The summed E-state index contributed by atoms with van der Waals surface area (Å²) >= 11 is 0. The van der Waals surface area contributed by atoms with Gasteiger partial charge in [-0.05, 0) is 49.5 Å². The molecule has 0 saturated heterocycles. The molecule has 2 heterocycles. The Labute approximate surface area is 158 Å². The van der Waals surface area contributed by atoms with Crippen molar-refractivity contribution in [3.8, 4) is 11.1 Å². The second kappa shape index (κ2) is 7.61. The molecule has 1 aromatic carbocycles. The van der Waals surface area contributed by atoms with Crippen molar-refractivity contribution < 1.29 is 0 Å². The van der Waals surface area contributed by atoms with Crippen LogP contribution in [-0.4, -0.2) is 33.4 Å². The Kier molecular flexibility index (Phi) is 4.87. The van der Waals surface area contributed by atoms with Crippen LogP contribution in [0.15, 0.2) is 59.9 Å². The van der Waals surface area contributed by atoms with Gasteiger partial charge in [0, 0.05) is 36.3 Å². The van der Waals surface area contributed by atoms with Gasteiger partial charge in [0.1, 0.15) is 0 Å². The van der Waals surface area contributed by atoms with E-state index in [1.54, 1.807) is 0 Å². The topological polar surface area (TPSA) is 78.1 Å². The molecule has 0 fully saturated rings. The van der Waals surface area contributed by atoms with Gasteiger partial charge < -0.3 is 16.0 Å². The fourth-order valence-corrected chi connectivity index (χ4v) is 3.65. The summed E-state index contributed by atoms with van der Waals surface area (Å²) in [6, 6.07) is 14.5. The molecule has 0 bridgehead atoms. The molecule has 6 heteroatoms. The van der Waals surface area contributed by atoms with Gasteiger partial charge in [-0.2, -0.15) is 4.98 Å². The molecule has 0 amide bonds. The molecule has 2 aromatic heterocycles. The molecule has 1 atom stereocenters. The minimum absolute atomic E-state index is 0.238. The zero-order chi connectivity index (χ0) is 18.6. The Hall–Kier alpha value is -3.15. The lowest BCUT2D eigenvalue weighted by molar-refractivity contribution is 0.581. The highest BCUT2D eigenvalue weighted by Gasteiger charge is 2.21. The van der Waals surface area contributed by atoms with Crippen LogP contribution >= 0.6 is 0 Å². The molecule has 27 heavy (non-hydrogen) atoms. The summed E-state index contributed by atoms with van der Waals surface area (Å²) in [6.07, 6.45) is 6.15. The monoisotopic (exact) mass is 360 g/mol. The predicted molar refractivity (Wildman–Crippen MR) is 109 cm³/mol. The average molecular weight is 360 g/mol. The van der Waals surface area contributed by atoms with Crippen LogP contribution in [0.2, 0.25) is 0 Å². The van der Waals surface area contributed by atoms with Crippen molar-refractivity contribution in [2.45, 2.75) is 32.2 Å². The summed E-state index contributed by atoms with van der Waals surface area (Å²) < 4.78 is 1.82. The Morgan fingerprint density at radius 2 is 2.07 bits per heavy atom. The van der Waals surface area contributed by atoms with Crippen molar-refractivity contribution in [1.82, 2.24) is 19.9 Å². The minimum Gasteiger partial charge on any atom is -0.388 e. The highest BCUT2D eigenvalue weighted by Crippen LogP contribution is 2.26. The number of hydrogen-bond acceptors (Lipinski definition) is 5. The maximum Gasteiger partial charge on any atom is 0.243 e. The summed E-state index contributed by atoms with van der Waals surface area (Å²) in [4.78, 5) is 4.74. The number of nitrogens with one attached hydrogen (secondary N) is 3. The number of rotatable bonds is 6. The number of nitrogens with zero attached hydrogens (tertiary/aromatic N) is 3. The van der Waals surface area contributed by atoms with Gasteiger partial charge in [0.25, 0.3) is 0 Å². The van der Waals surface area contributed by atoms with Gasteiger partial charge >= 0.3 is 0 Å². The van der Waals surface area contributed by atoms with Crippen LogP contribution in [0.4, 0.5) is 5.95 Å². The molecule has 0 aliphatic heterocycles. The van der Waals surface area contributed by atoms with Gasteiger partial charge in [-0.15, -0.1) is 5.10 Å². The molecular formula is C21H24N6. The molecule has 3 N–H and O–H groups in total. The Morgan fingerprint density at radius 1 is 1.22 bits per heavy atom. The molecule has 1 aliphatic rings. The zero-order valence-corrected chi connectivity index (χ0v) is 15.4. The third kappa shape index (κ3) is 3.56. The predicted octanol–water partition coefficient (Wildman–Crippen LogP) is 3.87. The second-order valence-corrected chi connectivity index (χ2v) is 6.75. The standard InChI is InChI=1S/C21H24N6/c1-2-23-19-11-10-17(13-16(19)14-22)24-21-25-20-18(9-6-12-27(20)26-21)15-7-4-3-5-8-15/h3-9,12,14,17,22-23H,2,10-11,13H2,1H3,(H,24,26). The molecule has 0 spiro atoms. The number of anilines is 1. The van der Waals surface area contributed by atoms with Gasteiger partial charge in [0.05, 0.1) is 0 Å². The zero-order valence-electron chi connectivity index (χ0n) is 15.4. The molecule has 3 aromatic rings. The van der Waals surface area contributed by atoms with E-state index in [2.05, 4.69) is 40.9 Å². The second-order valence-electron chi connectivity index (χ2n) is 6.75. The van der Waals surface area contributed by atoms with Crippen molar-refractivity contribution in [1.29, 1.82) is 5.41 Å². The van der Waals surface area contributed by atoms with Gasteiger partial charge in [-0.3, -0.25) is 0 Å². The SMILES string of the molecule is CCNC1=C(C=N)CC(Nc2nc3c(-c4ccccc4)cccn3n2)CC1. The van der Waals surface area contributed by atoms with E-state index in [0.29, 0.717) is 5.95 Å². The summed E-state index contributed by atoms with van der Waals surface area (Å²) in [6.45, 7) is 2.98. The summed E-state index contributed by atoms with van der Waals surface area (Å²) in [5.41, 5.74) is 5.30. The van der Waals surface area contributed by atoms with Crippen molar-refractivity contribution in [3.05, 3.63) is 59.9 Å². The van der Waals surface area contributed by atoms with Crippen molar-refractivity contribution in [2.75, 3.05) is 11.9 Å². The number of allylic oxidation sites excluding steroid dienone is 1. The molecule has 1 aliphatic carbocycles. The van der Waals surface area contributed by atoms with E-state index in [-0.39, 0.29) is 6.04 Å².